The summed E-state index contributed by atoms with van der Waals surface area (Å²) in [5.41, 5.74) is 0.353. The highest BCUT2D eigenvalue weighted by atomic mass is 16.6. The second kappa shape index (κ2) is 6.14. The molecule has 1 atom stereocenters. The van der Waals surface area contributed by atoms with Crippen LogP contribution in [0.5, 0.6) is 11.5 Å². The number of carbonyl (C=O) groups is 1. The van der Waals surface area contributed by atoms with Gasteiger partial charge in [0.15, 0.2) is 17.1 Å². The van der Waals surface area contributed by atoms with Crippen molar-refractivity contribution in [3.8, 4) is 11.5 Å². The molecule has 0 aliphatic carbocycles. The van der Waals surface area contributed by atoms with Crippen molar-refractivity contribution in [1.82, 2.24) is 10.2 Å². The molecule has 1 aromatic carbocycles. The summed E-state index contributed by atoms with van der Waals surface area (Å²) >= 11 is 0. The number of fused-ring (bicyclic) bond motifs is 1. The zero-order valence-electron chi connectivity index (χ0n) is 13.1. The first-order chi connectivity index (χ1) is 10.6. The van der Waals surface area contributed by atoms with Crippen LogP contribution in [0.15, 0.2) is 18.2 Å². The van der Waals surface area contributed by atoms with E-state index < -0.39 is 5.60 Å². The number of nitrogens with zero attached hydrogens (tertiary/aromatic N) is 1. The zero-order valence-corrected chi connectivity index (χ0v) is 13.1. The van der Waals surface area contributed by atoms with Crippen LogP contribution in [0.2, 0.25) is 0 Å². The van der Waals surface area contributed by atoms with Gasteiger partial charge < -0.3 is 19.5 Å². The van der Waals surface area contributed by atoms with Crippen LogP contribution < -0.4 is 14.8 Å². The number of likely N-dealkylation sites (N-methyl/N-ethyl adjacent to an activating group) is 1. The molecule has 1 amide bonds. The first-order valence-electron chi connectivity index (χ1n) is 7.58. The van der Waals surface area contributed by atoms with Gasteiger partial charge in [-0.05, 0) is 24.6 Å². The standard InChI is InChI=1S/C16H22N2O4/c1-16(15(19)17-2)11-18(5-6-22-16)10-12-3-4-13-14(9-12)21-8-7-20-13/h3-4,9H,5-8,10-11H2,1-2H3,(H,17,19). The molecule has 22 heavy (non-hydrogen) atoms. The molecule has 6 heteroatoms. The van der Waals surface area contributed by atoms with Crippen LogP contribution in [0.4, 0.5) is 0 Å². The van der Waals surface area contributed by atoms with E-state index >= 15 is 0 Å². The molecular formula is C16H22N2O4. The van der Waals surface area contributed by atoms with E-state index in [1.54, 1.807) is 7.05 Å². The van der Waals surface area contributed by atoms with E-state index in [9.17, 15) is 4.79 Å². The van der Waals surface area contributed by atoms with Crippen molar-refractivity contribution in [2.75, 3.05) is 40.0 Å². The lowest BCUT2D eigenvalue weighted by molar-refractivity contribution is -0.156. The maximum absolute atomic E-state index is 12.0. The van der Waals surface area contributed by atoms with Gasteiger partial charge in [-0.15, -0.1) is 0 Å². The molecule has 3 rings (SSSR count). The van der Waals surface area contributed by atoms with Crippen molar-refractivity contribution in [3.63, 3.8) is 0 Å². The van der Waals surface area contributed by atoms with Gasteiger partial charge in [-0.3, -0.25) is 9.69 Å². The number of rotatable bonds is 3. The second-order valence-electron chi connectivity index (χ2n) is 5.85. The number of hydrogen-bond donors (Lipinski definition) is 1. The number of hydrogen-bond acceptors (Lipinski definition) is 5. The van der Waals surface area contributed by atoms with Gasteiger partial charge in [-0.1, -0.05) is 6.07 Å². The summed E-state index contributed by atoms with van der Waals surface area (Å²) in [7, 11) is 1.64. The Morgan fingerprint density at radius 2 is 2.05 bits per heavy atom. The van der Waals surface area contributed by atoms with Crippen molar-refractivity contribution in [3.05, 3.63) is 23.8 Å². The maximum atomic E-state index is 12.0. The van der Waals surface area contributed by atoms with Gasteiger partial charge in [-0.2, -0.15) is 0 Å². The fourth-order valence-electron chi connectivity index (χ4n) is 2.93. The van der Waals surface area contributed by atoms with Gasteiger partial charge in [0.2, 0.25) is 0 Å². The normalized spacial score (nSPS) is 24.8. The predicted molar refractivity (Wildman–Crippen MR) is 81.1 cm³/mol. The van der Waals surface area contributed by atoms with Crippen molar-refractivity contribution in [1.29, 1.82) is 0 Å². The highest BCUT2D eigenvalue weighted by molar-refractivity contribution is 5.84. The highest BCUT2D eigenvalue weighted by Gasteiger charge is 2.38. The SMILES string of the molecule is CNC(=O)C1(C)CN(Cc2ccc3c(c2)OCCO3)CCO1. The van der Waals surface area contributed by atoms with Gasteiger partial charge >= 0.3 is 0 Å². The van der Waals surface area contributed by atoms with Gasteiger partial charge in [0.25, 0.3) is 5.91 Å². The van der Waals surface area contributed by atoms with Gasteiger partial charge in [-0.25, -0.2) is 0 Å². The Balaban J connectivity index is 1.69. The smallest absolute Gasteiger partial charge is 0.253 e. The Bertz CT molecular complexity index is 563. The topological polar surface area (TPSA) is 60.0 Å². The van der Waals surface area contributed by atoms with Crippen molar-refractivity contribution >= 4 is 5.91 Å². The Kier molecular flexibility index (Phi) is 4.22. The van der Waals surface area contributed by atoms with E-state index in [1.807, 2.05) is 25.1 Å². The van der Waals surface area contributed by atoms with Gasteiger partial charge in [0, 0.05) is 26.7 Å². The zero-order chi connectivity index (χ0) is 15.6. The van der Waals surface area contributed by atoms with Crippen LogP contribution in [-0.4, -0.2) is 56.4 Å². The van der Waals surface area contributed by atoms with Gasteiger partial charge in [0.05, 0.1) is 6.61 Å². The fraction of sp³-hybridized carbons (Fsp3) is 0.562. The van der Waals surface area contributed by atoms with Crippen LogP contribution >= 0.6 is 0 Å². The predicted octanol–water partition coefficient (Wildman–Crippen LogP) is 0.795. The summed E-state index contributed by atoms with van der Waals surface area (Å²) in [6.07, 6.45) is 0. The molecule has 0 spiro atoms. The molecular weight excluding hydrogens is 284 g/mol. The van der Waals surface area contributed by atoms with Crippen molar-refractivity contribution < 1.29 is 19.0 Å². The molecule has 0 aromatic heterocycles. The Morgan fingerprint density at radius 3 is 2.82 bits per heavy atom. The lowest BCUT2D eigenvalue weighted by atomic mass is 10.0. The molecule has 6 nitrogen and oxygen atoms in total. The molecule has 2 heterocycles. The minimum Gasteiger partial charge on any atom is -0.486 e. The fourth-order valence-corrected chi connectivity index (χ4v) is 2.93. The lowest BCUT2D eigenvalue weighted by Crippen LogP contribution is -2.57. The molecule has 1 unspecified atom stereocenters. The highest BCUT2D eigenvalue weighted by Crippen LogP contribution is 2.31. The largest absolute Gasteiger partial charge is 0.486 e. The van der Waals surface area contributed by atoms with E-state index in [1.165, 1.54) is 0 Å². The minimum atomic E-state index is -0.791. The lowest BCUT2D eigenvalue weighted by Gasteiger charge is -2.39. The average molecular weight is 306 g/mol. The third-order valence-corrected chi connectivity index (χ3v) is 4.07. The van der Waals surface area contributed by atoms with Crippen molar-refractivity contribution in [2.24, 2.45) is 0 Å². The summed E-state index contributed by atoms with van der Waals surface area (Å²) in [4.78, 5) is 14.2. The molecule has 2 aliphatic rings. The van der Waals surface area contributed by atoms with Crippen LogP contribution in [-0.2, 0) is 16.1 Å². The Labute approximate surface area is 130 Å². The quantitative estimate of drug-likeness (QED) is 0.895. The number of benzene rings is 1. The van der Waals surface area contributed by atoms with E-state index in [0.29, 0.717) is 26.4 Å². The third-order valence-electron chi connectivity index (χ3n) is 4.07. The molecule has 2 aliphatic heterocycles. The molecule has 1 saturated heterocycles. The van der Waals surface area contributed by atoms with E-state index in [2.05, 4.69) is 10.2 Å². The maximum Gasteiger partial charge on any atom is 0.253 e. The van der Waals surface area contributed by atoms with E-state index in [-0.39, 0.29) is 5.91 Å². The van der Waals surface area contributed by atoms with Crippen LogP contribution in [0.1, 0.15) is 12.5 Å². The Morgan fingerprint density at radius 1 is 1.27 bits per heavy atom. The molecule has 1 N–H and O–H groups in total. The average Bonchev–Trinajstić information content (AvgIpc) is 2.54. The van der Waals surface area contributed by atoms with E-state index in [4.69, 9.17) is 14.2 Å². The molecule has 120 valence electrons. The van der Waals surface area contributed by atoms with Crippen molar-refractivity contribution in [2.45, 2.75) is 19.1 Å². The number of carbonyl (C=O) groups excluding carboxylic acids is 1. The summed E-state index contributed by atoms with van der Waals surface area (Å²) in [5, 5.41) is 2.67. The minimum absolute atomic E-state index is 0.0839. The van der Waals surface area contributed by atoms with Crippen LogP contribution in [0.25, 0.3) is 0 Å². The first kappa shape index (κ1) is 15.1. The first-order valence-corrected chi connectivity index (χ1v) is 7.58. The summed E-state index contributed by atoms with van der Waals surface area (Å²) in [6, 6.07) is 6.00. The molecule has 0 radical (unpaired) electrons. The molecule has 0 bridgehead atoms. The molecule has 0 saturated carbocycles. The summed E-state index contributed by atoms with van der Waals surface area (Å²) in [6.45, 7) is 5.70. The number of amides is 1. The van der Waals surface area contributed by atoms with Crippen LogP contribution in [0.3, 0.4) is 0 Å². The third kappa shape index (κ3) is 3.03. The van der Waals surface area contributed by atoms with E-state index in [0.717, 1.165) is 30.2 Å². The summed E-state index contributed by atoms with van der Waals surface area (Å²) < 4.78 is 16.8. The Hall–Kier alpha value is -1.79. The summed E-state index contributed by atoms with van der Waals surface area (Å²) in [5.74, 6) is 1.51. The van der Waals surface area contributed by atoms with Crippen LogP contribution in [0, 0.1) is 0 Å². The molecule has 1 aromatic rings. The number of ether oxygens (including phenoxy) is 3. The monoisotopic (exact) mass is 306 g/mol. The number of morpholine rings is 1. The van der Waals surface area contributed by atoms with Gasteiger partial charge in [0.1, 0.15) is 13.2 Å². The number of nitrogens with one attached hydrogen (secondary N) is 1. The second-order valence-corrected chi connectivity index (χ2v) is 5.85. The molecule has 1 fully saturated rings.